The van der Waals surface area contributed by atoms with Gasteiger partial charge in [-0.15, -0.1) is 0 Å². The third kappa shape index (κ3) is 2.72. The Kier molecular flexibility index (Phi) is 3.06. The van der Waals surface area contributed by atoms with Crippen LogP contribution < -0.4 is 11.5 Å². The third-order valence-corrected chi connectivity index (χ3v) is 1.64. The monoisotopic (exact) mass is 198 g/mol. The van der Waals surface area contributed by atoms with Gasteiger partial charge in [0, 0.05) is 0 Å². The molecule has 1 amide bonds. The molecule has 0 fully saturated rings. The Hall–Kier alpha value is -1.59. The molecule has 6 heteroatoms. The predicted molar refractivity (Wildman–Crippen MR) is 52.6 cm³/mol. The van der Waals surface area contributed by atoms with Gasteiger partial charge in [-0.05, 0) is 12.3 Å². The van der Waals surface area contributed by atoms with Crippen LogP contribution in [0.3, 0.4) is 0 Å². The van der Waals surface area contributed by atoms with Crippen LogP contribution in [-0.2, 0) is 9.53 Å². The standard InChI is InChI=1S/C8H14N4O2/c1-4(2)3-5-6(13)11-8(14-5)12-7(9)10/h4-5H,3H2,1-2H3,(H4,9,10,11,12,13). The van der Waals surface area contributed by atoms with Crippen molar-refractivity contribution in [3.63, 3.8) is 0 Å². The van der Waals surface area contributed by atoms with Gasteiger partial charge in [-0.25, -0.2) is 0 Å². The molecule has 14 heavy (non-hydrogen) atoms. The van der Waals surface area contributed by atoms with Gasteiger partial charge in [0.25, 0.3) is 5.91 Å². The normalized spacial score (nSPS) is 20.6. The molecule has 4 N–H and O–H groups in total. The summed E-state index contributed by atoms with van der Waals surface area (Å²) in [6.07, 6.45) is 0.0827. The Morgan fingerprint density at radius 1 is 1.64 bits per heavy atom. The molecule has 1 heterocycles. The molecule has 0 aromatic heterocycles. The first-order valence-corrected chi connectivity index (χ1v) is 4.38. The molecule has 0 bridgehead atoms. The fourth-order valence-electron chi connectivity index (χ4n) is 1.11. The molecule has 0 aliphatic carbocycles. The van der Waals surface area contributed by atoms with E-state index in [-0.39, 0.29) is 17.9 Å². The zero-order chi connectivity index (χ0) is 10.7. The van der Waals surface area contributed by atoms with E-state index in [0.717, 1.165) is 0 Å². The van der Waals surface area contributed by atoms with E-state index in [9.17, 15) is 4.79 Å². The number of amidine groups is 1. The lowest BCUT2D eigenvalue weighted by Crippen LogP contribution is -2.25. The van der Waals surface area contributed by atoms with E-state index in [1.807, 2.05) is 13.8 Å². The van der Waals surface area contributed by atoms with Gasteiger partial charge in [0.2, 0.25) is 0 Å². The number of carbonyl (C=O) groups is 1. The molecular formula is C8H14N4O2. The summed E-state index contributed by atoms with van der Waals surface area (Å²) < 4.78 is 5.15. The van der Waals surface area contributed by atoms with Gasteiger partial charge in [-0.3, -0.25) is 4.79 Å². The average molecular weight is 198 g/mol. The molecular weight excluding hydrogens is 184 g/mol. The summed E-state index contributed by atoms with van der Waals surface area (Å²) in [6.45, 7) is 3.99. The van der Waals surface area contributed by atoms with Crippen LogP contribution in [0.5, 0.6) is 0 Å². The van der Waals surface area contributed by atoms with Crippen LogP contribution in [0.25, 0.3) is 0 Å². The van der Waals surface area contributed by atoms with E-state index in [0.29, 0.717) is 12.3 Å². The topological polar surface area (TPSA) is 103 Å². The first kappa shape index (κ1) is 10.5. The number of hydrogen-bond acceptors (Lipinski definition) is 3. The number of amides is 1. The molecule has 0 radical (unpaired) electrons. The van der Waals surface area contributed by atoms with E-state index in [4.69, 9.17) is 16.2 Å². The van der Waals surface area contributed by atoms with Gasteiger partial charge in [0.05, 0.1) is 0 Å². The minimum Gasteiger partial charge on any atom is -0.450 e. The second-order valence-corrected chi connectivity index (χ2v) is 3.51. The van der Waals surface area contributed by atoms with Crippen molar-refractivity contribution in [3.05, 3.63) is 0 Å². The average Bonchev–Trinajstić information content (AvgIpc) is 2.28. The fraction of sp³-hybridized carbons (Fsp3) is 0.625. The Morgan fingerprint density at radius 2 is 2.29 bits per heavy atom. The van der Waals surface area contributed by atoms with Crippen molar-refractivity contribution in [1.29, 1.82) is 0 Å². The van der Waals surface area contributed by atoms with Crippen LogP contribution in [-0.4, -0.2) is 24.0 Å². The molecule has 1 rings (SSSR count). The number of carbonyl (C=O) groups excluding carboxylic acids is 1. The van der Waals surface area contributed by atoms with Crippen molar-refractivity contribution in [2.75, 3.05) is 0 Å². The highest BCUT2D eigenvalue weighted by Gasteiger charge is 2.29. The summed E-state index contributed by atoms with van der Waals surface area (Å²) in [5, 5.41) is 0. The quantitative estimate of drug-likeness (QED) is 0.465. The Balaban J connectivity index is 2.60. The molecule has 0 spiro atoms. The summed E-state index contributed by atoms with van der Waals surface area (Å²) in [5.74, 6) is -0.127. The van der Waals surface area contributed by atoms with Gasteiger partial charge < -0.3 is 16.2 Å². The van der Waals surface area contributed by atoms with E-state index in [2.05, 4.69) is 9.98 Å². The summed E-state index contributed by atoms with van der Waals surface area (Å²) in [4.78, 5) is 18.4. The summed E-state index contributed by atoms with van der Waals surface area (Å²) in [5.41, 5.74) is 10.2. The highest BCUT2D eigenvalue weighted by molar-refractivity contribution is 6.02. The minimum atomic E-state index is -0.534. The molecule has 1 unspecified atom stereocenters. The number of guanidine groups is 1. The van der Waals surface area contributed by atoms with Crippen LogP contribution in [0.4, 0.5) is 0 Å². The molecule has 0 saturated heterocycles. The first-order chi connectivity index (χ1) is 6.49. The maximum Gasteiger partial charge on any atom is 0.323 e. The number of rotatable bonds is 2. The van der Waals surface area contributed by atoms with Crippen LogP contribution in [0.15, 0.2) is 9.98 Å². The summed E-state index contributed by atoms with van der Waals surface area (Å²) >= 11 is 0. The predicted octanol–water partition coefficient (Wildman–Crippen LogP) is -0.413. The molecule has 1 aliphatic heterocycles. The summed E-state index contributed by atoms with van der Waals surface area (Å²) in [7, 11) is 0. The van der Waals surface area contributed by atoms with Crippen LogP contribution in [0.2, 0.25) is 0 Å². The number of hydrogen-bond donors (Lipinski definition) is 2. The largest absolute Gasteiger partial charge is 0.450 e. The lowest BCUT2D eigenvalue weighted by atomic mass is 10.1. The van der Waals surface area contributed by atoms with Gasteiger partial charge in [-0.2, -0.15) is 9.98 Å². The first-order valence-electron chi connectivity index (χ1n) is 4.38. The molecule has 1 aliphatic rings. The fourth-order valence-corrected chi connectivity index (χ4v) is 1.11. The van der Waals surface area contributed by atoms with Crippen molar-refractivity contribution in [3.8, 4) is 0 Å². The molecule has 6 nitrogen and oxygen atoms in total. The van der Waals surface area contributed by atoms with Crippen LogP contribution in [0.1, 0.15) is 20.3 Å². The molecule has 0 aromatic rings. The van der Waals surface area contributed by atoms with Crippen LogP contribution >= 0.6 is 0 Å². The van der Waals surface area contributed by atoms with Crippen molar-refractivity contribution < 1.29 is 9.53 Å². The highest BCUT2D eigenvalue weighted by atomic mass is 16.5. The van der Waals surface area contributed by atoms with Crippen molar-refractivity contribution >= 4 is 17.9 Å². The van der Waals surface area contributed by atoms with E-state index < -0.39 is 6.10 Å². The van der Waals surface area contributed by atoms with E-state index in [1.54, 1.807) is 0 Å². The SMILES string of the molecule is CC(C)CC1OC(N=C(N)N)=NC1=O. The molecule has 78 valence electrons. The number of nitrogens with two attached hydrogens (primary N) is 2. The van der Waals surface area contributed by atoms with Gasteiger partial charge in [-0.1, -0.05) is 13.8 Å². The van der Waals surface area contributed by atoms with Gasteiger partial charge in [0.15, 0.2) is 12.1 Å². The summed E-state index contributed by atoms with van der Waals surface area (Å²) in [6, 6.07) is -0.0411. The maximum atomic E-state index is 11.2. The maximum absolute atomic E-state index is 11.2. The van der Waals surface area contributed by atoms with Crippen LogP contribution in [0, 0.1) is 5.92 Å². The van der Waals surface area contributed by atoms with Crippen molar-refractivity contribution in [1.82, 2.24) is 0 Å². The Bertz CT molecular complexity index is 292. The Morgan fingerprint density at radius 3 is 2.79 bits per heavy atom. The van der Waals surface area contributed by atoms with Crippen molar-refractivity contribution in [2.45, 2.75) is 26.4 Å². The van der Waals surface area contributed by atoms with Crippen molar-refractivity contribution in [2.24, 2.45) is 27.4 Å². The molecule has 0 saturated carbocycles. The lowest BCUT2D eigenvalue weighted by Gasteiger charge is -2.09. The minimum absolute atomic E-state index is 0.0411. The van der Waals surface area contributed by atoms with E-state index >= 15 is 0 Å². The lowest BCUT2D eigenvalue weighted by molar-refractivity contribution is -0.123. The molecule has 0 aromatic carbocycles. The van der Waals surface area contributed by atoms with Gasteiger partial charge in [0.1, 0.15) is 0 Å². The third-order valence-electron chi connectivity index (χ3n) is 1.64. The number of ether oxygens (including phenoxy) is 1. The van der Waals surface area contributed by atoms with E-state index in [1.165, 1.54) is 0 Å². The number of aliphatic imine (C=N–C) groups is 2. The second kappa shape index (κ2) is 4.08. The van der Waals surface area contributed by atoms with Gasteiger partial charge >= 0.3 is 6.02 Å². The number of nitrogens with zero attached hydrogens (tertiary/aromatic N) is 2. The zero-order valence-corrected chi connectivity index (χ0v) is 8.23. The zero-order valence-electron chi connectivity index (χ0n) is 8.23. The smallest absolute Gasteiger partial charge is 0.323 e. The second-order valence-electron chi connectivity index (χ2n) is 3.51. The highest BCUT2D eigenvalue weighted by Crippen LogP contribution is 2.15. The molecule has 1 atom stereocenters. The Labute approximate surface area is 82.0 Å².